The van der Waals surface area contributed by atoms with E-state index in [9.17, 15) is 9.18 Å². The number of aromatic nitrogens is 2. The largest absolute Gasteiger partial charge is 0.341 e. The number of halogens is 1. The molecule has 25 heavy (non-hydrogen) atoms. The molecule has 0 radical (unpaired) electrons. The normalized spacial score (nSPS) is 20.5. The summed E-state index contributed by atoms with van der Waals surface area (Å²) in [6.45, 7) is 6.04. The molecule has 1 N–H and O–H groups in total. The number of nitrogens with zero attached hydrogens (tertiary/aromatic N) is 3. The number of amides is 1. The summed E-state index contributed by atoms with van der Waals surface area (Å²) in [6.07, 6.45) is 1.18. The minimum atomic E-state index is -0.338. The van der Waals surface area contributed by atoms with Crippen LogP contribution in [0.15, 0.2) is 28.6 Å². The number of benzene rings is 1. The number of nitrogens with one attached hydrogen (secondary N) is 1. The third-order valence-corrected chi connectivity index (χ3v) is 6.02. The number of piperidine rings is 1. The van der Waals surface area contributed by atoms with Crippen LogP contribution in [0.5, 0.6) is 0 Å². The van der Waals surface area contributed by atoms with Crippen LogP contribution < -0.4 is 5.32 Å². The first-order valence-electron chi connectivity index (χ1n) is 8.27. The number of hydrogen-bond acceptors (Lipinski definition) is 6. The maximum atomic E-state index is 13.6. The Morgan fingerprint density at radius 2 is 2.04 bits per heavy atom. The average Bonchev–Trinajstić information content (AvgIpc) is 3.01. The lowest BCUT2D eigenvalue weighted by Crippen LogP contribution is -2.43. The van der Waals surface area contributed by atoms with Crippen molar-refractivity contribution in [2.24, 2.45) is 11.8 Å². The highest BCUT2D eigenvalue weighted by atomic mass is 32.2. The predicted molar refractivity (Wildman–Crippen MR) is 99.8 cm³/mol. The van der Waals surface area contributed by atoms with Gasteiger partial charge in [-0.1, -0.05) is 49.1 Å². The van der Waals surface area contributed by atoms with E-state index in [0.717, 1.165) is 13.1 Å². The molecule has 0 saturated carbocycles. The van der Waals surface area contributed by atoms with E-state index >= 15 is 0 Å². The van der Waals surface area contributed by atoms with E-state index in [-0.39, 0.29) is 11.7 Å². The van der Waals surface area contributed by atoms with Gasteiger partial charge < -0.3 is 10.2 Å². The summed E-state index contributed by atoms with van der Waals surface area (Å²) in [7, 11) is 0. The highest BCUT2D eigenvalue weighted by Crippen LogP contribution is 2.29. The first-order chi connectivity index (χ1) is 12.0. The number of hydrogen-bond donors (Lipinski definition) is 1. The van der Waals surface area contributed by atoms with Crippen LogP contribution in [0.2, 0.25) is 0 Å². The van der Waals surface area contributed by atoms with Crippen molar-refractivity contribution in [1.82, 2.24) is 15.1 Å². The van der Waals surface area contributed by atoms with Crippen molar-refractivity contribution in [1.29, 1.82) is 0 Å². The minimum Gasteiger partial charge on any atom is -0.341 e. The molecule has 2 aromatic rings. The van der Waals surface area contributed by atoms with Crippen molar-refractivity contribution >= 4 is 39.8 Å². The number of carbonyl (C=O) groups excluding carboxylic acids is 1. The average molecular weight is 381 g/mol. The van der Waals surface area contributed by atoms with E-state index in [2.05, 4.69) is 29.4 Å². The fourth-order valence-corrected chi connectivity index (χ4v) is 4.74. The van der Waals surface area contributed by atoms with Crippen LogP contribution in [-0.4, -0.2) is 39.8 Å². The van der Waals surface area contributed by atoms with Crippen LogP contribution >= 0.6 is 23.1 Å². The number of para-hydroxylation sites is 1. The van der Waals surface area contributed by atoms with Gasteiger partial charge in [-0.15, -0.1) is 10.2 Å². The molecule has 0 bridgehead atoms. The molecule has 1 aliphatic heterocycles. The highest BCUT2D eigenvalue weighted by molar-refractivity contribution is 8.01. The van der Waals surface area contributed by atoms with Gasteiger partial charge in [0.15, 0.2) is 4.34 Å². The van der Waals surface area contributed by atoms with E-state index in [0.29, 0.717) is 32.7 Å². The third-order valence-electron chi connectivity index (χ3n) is 4.06. The standard InChI is InChI=1S/C17H21FN4OS2/c1-11-7-12(2)9-22(8-11)15(23)10-24-17-21-20-16(25-17)19-14-6-4-3-5-13(14)18/h3-6,11-12H,7-10H2,1-2H3,(H,19,20)/t11-,12-/m0/s1. The van der Waals surface area contributed by atoms with E-state index in [1.165, 1.54) is 35.6 Å². The van der Waals surface area contributed by atoms with E-state index < -0.39 is 0 Å². The van der Waals surface area contributed by atoms with Crippen LogP contribution in [0.25, 0.3) is 0 Å². The van der Waals surface area contributed by atoms with Crippen molar-refractivity contribution in [3.63, 3.8) is 0 Å². The van der Waals surface area contributed by atoms with Crippen molar-refractivity contribution < 1.29 is 9.18 Å². The molecule has 0 aliphatic carbocycles. The van der Waals surface area contributed by atoms with Crippen molar-refractivity contribution in [3.05, 3.63) is 30.1 Å². The molecule has 8 heteroatoms. The summed E-state index contributed by atoms with van der Waals surface area (Å²) in [5, 5.41) is 11.5. The maximum absolute atomic E-state index is 13.6. The van der Waals surface area contributed by atoms with Crippen molar-refractivity contribution in [3.8, 4) is 0 Å². The molecular weight excluding hydrogens is 359 g/mol. The SMILES string of the molecule is C[C@H]1C[C@H](C)CN(C(=O)CSc2nnc(Nc3ccccc3F)s2)C1. The van der Waals surface area contributed by atoms with Crippen LogP contribution in [0.1, 0.15) is 20.3 Å². The molecule has 2 atom stereocenters. The fraction of sp³-hybridized carbons (Fsp3) is 0.471. The molecule has 3 rings (SSSR count). The van der Waals surface area contributed by atoms with Gasteiger partial charge >= 0.3 is 0 Å². The molecule has 1 fully saturated rings. The third kappa shape index (κ3) is 4.92. The molecule has 5 nitrogen and oxygen atoms in total. The molecule has 2 heterocycles. The zero-order valence-corrected chi connectivity index (χ0v) is 15.9. The molecule has 0 unspecified atom stereocenters. The molecule has 134 valence electrons. The van der Waals surface area contributed by atoms with E-state index in [4.69, 9.17) is 0 Å². The lowest BCUT2D eigenvalue weighted by atomic mass is 9.92. The maximum Gasteiger partial charge on any atom is 0.233 e. The monoisotopic (exact) mass is 380 g/mol. The van der Waals surface area contributed by atoms with Gasteiger partial charge in [-0.25, -0.2) is 4.39 Å². The zero-order valence-electron chi connectivity index (χ0n) is 14.2. The second-order valence-electron chi connectivity index (χ2n) is 6.51. The topological polar surface area (TPSA) is 58.1 Å². The highest BCUT2D eigenvalue weighted by Gasteiger charge is 2.25. The second-order valence-corrected chi connectivity index (χ2v) is 8.71. The Morgan fingerprint density at radius 1 is 1.32 bits per heavy atom. The fourth-order valence-electron chi connectivity index (χ4n) is 3.08. The summed E-state index contributed by atoms with van der Waals surface area (Å²) in [5.74, 6) is 1.26. The lowest BCUT2D eigenvalue weighted by Gasteiger charge is -2.34. The molecule has 1 aromatic carbocycles. The smallest absolute Gasteiger partial charge is 0.233 e. The number of carbonyl (C=O) groups is 1. The van der Waals surface area contributed by atoms with Gasteiger partial charge in [0.1, 0.15) is 5.82 Å². The van der Waals surface area contributed by atoms with Crippen LogP contribution in [0.3, 0.4) is 0 Å². The number of likely N-dealkylation sites (tertiary alicyclic amines) is 1. The molecule has 1 aliphatic rings. The zero-order chi connectivity index (χ0) is 17.8. The summed E-state index contributed by atoms with van der Waals surface area (Å²) in [4.78, 5) is 14.4. The Hall–Kier alpha value is -1.67. The van der Waals surface area contributed by atoms with Crippen molar-refractivity contribution in [2.45, 2.75) is 24.6 Å². The number of thioether (sulfide) groups is 1. The Morgan fingerprint density at radius 3 is 2.76 bits per heavy atom. The number of rotatable bonds is 5. The van der Waals surface area contributed by atoms with Gasteiger partial charge in [0.05, 0.1) is 11.4 Å². The Kier molecular flexibility index (Phi) is 5.90. The van der Waals surface area contributed by atoms with Crippen LogP contribution in [0, 0.1) is 17.7 Å². The van der Waals surface area contributed by atoms with Gasteiger partial charge in [0.25, 0.3) is 0 Å². The summed E-state index contributed by atoms with van der Waals surface area (Å²) < 4.78 is 14.3. The summed E-state index contributed by atoms with van der Waals surface area (Å²) >= 11 is 2.70. The van der Waals surface area contributed by atoms with Crippen molar-refractivity contribution in [2.75, 3.05) is 24.2 Å². The van der Waals surface area contributed by atoms with E-state index in [1.54, 1.807) is 18.2 Å². The second kappa shape index (κ2) is 8.14. The first kappa shape index (κ1) is 18.1. The van der Waals surface area contributed by atoms with Gasteiger partial charge in [-0.2, -0.15) is 0 Å². The lowest BCUT2D eigenvalue weighted by molar-refractivity contribution is -0.130. The summed E-state index contributed by atoms with van der Waals surface area (Å²) in [6, 6.07) is 6.42. The Labute approximate surface area is 155 Å². The Balaban J connectivity index is 1.53. The minimum absolute atomic E-state index is 0.141. The van der Waals surface area contributed by atoms with Gasteiger partial charge in [-0.3, -0.25) is 4.79 Å². The van der Waals surface area contributed by atoms with Gasteiger partial charge in [0, 0.05) is 13.1 Å². The molecule has 1 saturated heterocycles. The van der Waals surface area contributed by atoms with Crippen LogP contribution in [-0.2, 0) is 4.79 Å². The van der Waals surface area contributed by atoms with E-state index in [1.807, 2.05) is 4.90 Å². The van der Waals surface area contributed by atoms with Gasteiger partial charge in [-0.05, 0) is 30.4 Å². The number of anilines is 2. The van der Waals surface area contributed by atoms with Crippen LogP contribution in [0.4, 0.5) is 15.2 Å². The predicted octanol–water partition coefficient (Wildman–Crippen LogP) is 4.02. The molecule has 0 spiro atoms. The Bertz CT molecular complexity index is 729. The van der Waals surface area contributed by atoms with Gasteiger partial charge in [0.2, 0.25) is 11.0 Å². The quantitative estimate of drug-likeness (QED) is 0.794. The summed E-state index contributed by atoms with van der Waals surface area (Å²) in [5.41, 5.74) is 0.363. The molecular formula is C17H21FN4OS2. The molecule has 1 aromatic heterocycles. The first-order valence-corrected chi connectivity index (χ1v) is 10.1. The molecule has 1 amide bonds.